The third-order valence-electron chi connectivity index (χ3n) is 3.98. The number of nitrogens with one attached hydrogen (secondary N) is 1. The fraction of sp³-hybridized carbons (Fsp3) is 0.556. The molecule has 0 aliphatic carbocycles. The number of ether oxygens (including phenoxy) is 2. The lowest BCUT2D eigenvalue weighted by Gasteiger charge is -2.25. The predicted molar refractivity (Wildman–Crippen MR) is 91.6 cm³/mol. The molecule has 0 saturated carbocycles. The highest BCUT2D eigenvalue weighted by atomic mass is 16.5. The Kier molecular flexibility index (Phi) is 7.55. The van der Waals surface area contributed by atoms with Crippen molar-refractivity contribution >= 4 is 11.9 Å². The van der Waals surface area contributed by atoms with Crippen LogP contribution in [0.5, 0.6) is 11.5 Å². The molecular weight excluding hydrogens is 310 g/mol. The van der Waals surface area contributed by atoms with E-state index in [4.69, 9.17) is 9.47 Å². The molecule has 0 aliphatic heterocycles. The van der Waals surface area contributed by atoms with Crippen LogP contribution in [-0.2, 0) is 16.0 Å². The number of hydrogen-bond acceptors (Lipinski definition) is 4. The van der Waals surface area contributed by atoms with Gasteiger partial charge in [0.25, 0.3) is 0 Å². The van der Waals surface area contributed by atoms with E-state index in [0.29, 0.717) is 31.4 Å². The van der Waals surface area contributed by atoms with Gasteiger partial charge in [-0.25, -0.2) is 4.79 Å². The van der Waals surface area contributed by atoms with Crippen LogP contribution in [0.2, 0.25) is 0 Å². The van der Waals surface area contributed by atoms with Crippen molar-refractivity contribution in [2.24, 2.45) is 0 Å². The van der Waals surface area contributed by atoms with Crippen molar-refractivity contribution in [1.29, 1.82) is 0 Å². The first kappa shape index (κ1) is 19.8. The minimum atomic E-state index is -1.20. The Morgan fingerprint density at radius 3 is 2.50 bits per heavy atom. The van der Waals surface area contributed by atoms with Gasteiger partial charge in [-0.15, -0.1) is 0 Å². The summed E-state index contributed by atoms with van der Waals surface area (Å²) in [5.74, 6) is 0.177. The van der Waals surface area contributed by atoms with Gasteiger partial charge in [-0.2, -0.15) is 0 Å². The Morgan fingerprint density at radius 1 is 1.25 bits per heavy atom. The summed E-state index contributed by atoms with van der Waals surface area (Å²) in [6, 6.07) is 5.56. The molecule has 0 spiro atoms. The standard InChI is InChI=1S/C18H27NO5/c1-5-11-18(2,17(21)22)19-16(20)8-6-7-13-9-10-14(23-3)12-15(13)24-4/h9-10,12H,5-8,11H2,1-4H3,(H,19,20)(H,21,22). The molecule has 1 aromatic rings. The summed E-state index contributed by atoms with van der Waals surface area (Å²) in [6.07, 6.45) is 2.63. The molecule has 0 bridgehead atoms. The molecule has 1 rings (SSSR count). The zero-order valence-corrected chi connectivity index (χ0v) is 14.8. The van der Waals surface area contributed by atoms with Crippen molar-refractivity contribution in [2.75, 3.05) is 14.2 Å². The number of carbonyl (C=O) groups is 2. The van der Waals surface area contributed by atoms with Crippen LogP contribution in [0.25, 0.3) is 0 Å². The van der Waals surface area contributed by atoms with Gasteiger partial charge in [0.15, 0.2) is 0 Å². The first-order chi connectivity index (χ1) is 11.4. The molecule has 0 fully saturated rings. The zero-order valence-electron chi connectivity index (χ0n) is 14.8. The van der Waals surface area contributed by atoms with E-state index in [1.165, 1.54) is 0 Å². The van der Waals surface area contributed by atoms with E-state index >= 15 is 0 Å². The third kappa shape index (κ3) is 5.44. The van der Waals surface area contributed by atoms with Crippen molar-refractivity contribution in [2.45, 2.75) is 51.5 Å². The minimum Gasteiger partial charge on any atom is -0.497 e. The van der Waals surface area contributed by atoms with E-state index in [-0.39, 0.29) is 12.3 Å². The SMILES string of the molecule is CCCC(C)(NC(=O)CCCc1ccc(OC)cc1OC)C(=O)O. The van der Waals surface area contributed by atoms with Gasteiger partial charge < -0.3 is 19.9 Å². The number of carbonyl (C=O) groups excluding carboxylic acids is 1. The molecule has 24 heavy (non-hydrogen) atoms. The van der Waals surface area contributed by atoms with Crippen molar-refractivity contribution < 1.29 is 24.2 Å². The second-order valence-corrected chi connectivity index (χ2v) is 5.97. The highest BCUT2D eigenvalue weighted by Gasteiger charge is 2.33. The van der Waals surface area contributed by atoms with Gasteiger partial charge in [0.05, 0.1) is 14.2 Å². The van der Waals surface area contributed by atoms with Gasteiger partial charge in [0, 0.05) is 12.5 Å². The fourth-order valence-corrected chi connectivity index (χ4v) is 2.59. The van der Waals surface area contributed by atoms with Crippen LogP contribution < -0.4 is 14.8 Å². The van der Waals surface area contributed by atoms with Crippen molar-refractivity contribution in [3.8, 4) is 11.5 Å². The van der Waals surface area contributed by atoms with E-state index in [9.17, 15) is 14.7 Å². The number of amides is 1. The van der Waals surface area contributed by atoms with Crippen LogP contribution in [0, 0.1) is 0 Å². The Bertz CT molecular complexity index is 573. The number of aryl methyl sites for hydroxylation is 1. The van der Waals surface area contributed by atoms with Crippen molar-refractivity contribution in [3.63, 3.8) is 0 Å². The van der Waals surface area contributed by atoms with E-state index in [1.54, 1.807) is 27.2 Å². The average molecular weight is 337 g/mol. The second kappa shape index (κ2) is 9.15. The monoisotopic (exact) mass is 337 g/mol. The van der Waals surface area contributed by atoms with Gasteiger partial charge in [0.1, 0.15) is 17.0 Å². The molecular formula is C18H27NO5. The van der Waals surface area contributed by atoms with Crippen LogP contribution in [0.3, 0.4) is 0 Å². The lowest BCUT2D eigenvalue weighted by atomic mass is 9.96. The Hall–Kier alpha value is -2.24. The summed E-state index contributed by atoms with van der Waals surface area (Å²) < 4.78 is 10.5. The summed E-state index contributed by atoms with van der Waals surface area (Å²) in [5.41, 5.74) is -0.218. The van der Waals surface area contributed by atoms with Gasteiger partial charge in [0.2, 0.25) is 5.91 Å². The van der Waals surface area contributed by atoms with E-state index in [1.807, 2.05) is 19.1 Å². The lowest BCUT2D eigenvalue weighted by Crippen LogP contribution is -2.52. The third-order valence-corrected chi connectivity index (χ3v) is 3.98. The summed E-state index contributed by atoms with van der Waals surface area (Å²) in [4.78, 5) is 23.4. The molecule has 0 radical (unpaired) electrons. The zero-order chi connectivity index (χ0) is 18.2. The molecule has 0 aromatic heterocycles. The van der Waals surface area contributed by atoms with Gasteiger partial charge in [-0.3, -0.25) is 4.79 Å². The highest BCUT2D eigenvalue weighted by Crippen LogP contribution is 2.26. The summed E-state index contributed by atoms with van der Waals surface area (Å²) in [5, 5.41) is 11.9. The van der Waals surface area contributed by atoms with Gasteiger partial charge in [-0.1, -0.05) is 19.4 Å². The Labute approximate surface area is 143 Å². The normalized spacial score (nSPS) is 13.0. The minimum absolute atomic E-state index is 0.249. The molecule has 6 nitrogen and oxygen atoms in total. The topological polar surface area (TPSA) is 84.9 Å². The number of methoxy groups -OCH3 is 2. The summed E-state index contributed by atoms with van der Waals surface area (Å²) in [6.45, 7) is 3.44. The van der Waals surface area contributed by atoms with Crippen LogP contribution >= 0.6 is 0 Å². The number of hydrogen-bond donors (Lipinski definition) is 2. The van der Waals surface area contributed by atoms with Crippen LogP contribution in [-0.4, -0.2) is 36.7 Å². The number of carboxylic acids is 1. The number of carboxylic acid groups (broad SMARTS) is 1. The molecule has 2 N–H and O–H groups in total. The Morgan fingerprint density at radius 2 is 1.96 bits per heavy atom. The number of aliphatic carboxylic acids is 1. The number of benzene rings is 1. The molecule has 6 heteroatoms. The van der Waals surface area contributed by atoms with Crippen LogP contribution in [0.1, 0.15) is 45.1 Å². The Balaban J connectivity index is 2.58. The molecule has 1 atom stereocenters. The lowest BCUT2D eigenvalue weighted by molar-refractivity contribution is -0.147. The molecule has 0 aliphatic rings. The predicted octanol–water partition coefficient (Wildman–Crippen LogP) is 2.79. The quantitative estimate of drug-likeness (QED) is 0.686. The molecule has 1 amide bonds. The summed E-state index contributed by atoms with van der Waals surface area (Å²) >= 11 is 0. The van der Waals surface area contributed by atoms with Gasteiger partial charge >= 0.3 is 5.97 Å². The van der Waals surface area contributed by atoms with Crippen LogP contribution in [0.4, 0.5) is 0 Å². The molecule has 0 saturated heterocycles. The smallest absolute Gasteiger partial charge is 0.329 e. The van der Waals surface area contributed by atoms with Gasteiger partial charge in [-0.05, 0) is 37.8 Å². The maximum absolute atomic E-state index is 12.1. The molecule has 1 unspecified atom stereocenters. The number of rotatable bonds is 10. The maximum Gasteiger partial charge on any atom is 0.329 e. The summed E-state index contributed by atoms with van der Waals surface area (Å²) in [7, 11) is 3.18. The molecule has 1 aromatic carbocycles. The van der Waals surface area contributed by atoms with E-state index in [2.05, 4.69) is 5.32 Å². The first-order valence-corrected chi connectivity index (χ1v) is 8.11. The molecule has 134 valence electrons. The molecule has 0 heterocycles. The van der Waals surface area contributed by atoms with Crippen LogP contribution in [0.15, 0.2) is 18.2 Å². The fourth-order valence-electron chi connectivity index (χ4n) is 2.59. The largest absolute Gasteiger partial charge is 0.497 e. The van der Waals surface area contributed by atoms with E-state index in [0.717, 1.165) is 11.3 Å². The van der Waals surface area contributed by atoms with Crippen molar-refractivity contribution in [1.82, 2.24) is 5.32 Å². The average Bonchev–Trinajstić information content (AvgIpc) is 2.55. The van der Waals surface area contributed by atoms with Crippen molar-refractivity contribution in [3.05, 3.63) is 23.8 Å². The van der Waals surface area contributed by atoms with E-state index < -0.39 is 11.5 Å². The first-order valence-electron chi connectivity index (χ1n) is 8.11. The highest BCUT2D eigenvalue weighted by molar-refractivity contribution is 5.86. The second-order valence-electron chi connectivity index (χ2n) is 5.97. The maximum atomic E-state index is 12.1.